The molecule has 1 saturated carbocycles. The number of hydrogen-bond acceptors (Lipinski definition) is 4. The summed E-state index contributed by atoms with van der Waals surface area (Å²) >= 11 is 0. The minimum atomic E-state index is 0. The first-order chi connectivity index (χ1) is 10.2. The highest BCUT2D eigenvalue weighted by atomic mass is 35.5. The Kier molecular flexibility index (Phi) is 7.77. The summed E-state index contributed by atoms with van der Waals surface area (Å²) in [4.78, 5) is 16.7. The van der Waals surface area contributed by atoms with Gasteiger partial charge in [0.1, 0.15) is 12.2 Å². The molecule has 3 rings (SSSR count). The highest BCUT2D eigenvalue weighted by Crippen LogP contribution is 2.38. The van der Waals surface area contributed by atoms with Gasteiger partial charge in [-0.05, 0) is 37.6 Å². The summed E-state index contributed by atoms with van der Waals surface area (Å²) in [5.41, 5.74) is 5.99. The van der Waals surface area contributed by atoms with Crippen molar-refractivity contribution in [3.63, 3.8) is 0 Å². The molecule has 0 spiro atoms. The quantitative estimate of drug-likeness (QED) is 0.859. The van der Waals surface area contributed by atoms with Crippen molar-refractivity contribution in [1.29, 1.82) is 0 Å². The van der Waals surface area contributed by atoms with Crippen LogP contribution in [0.2, 0.25) is 0 Å². The molecule has 1 amide bonds. The van der Waals surface area contributed by atoms with E-state index in [9.17, 15) is 4.79 Å². The van der Waals surface area contributed by atoms with Crippen LogP contribution in [0.4, 0.5) is 0 Å². The zero-order valence-corrected chi connectivity index (χ0v) is 15.0. The fourth-order valence-electron chi connectivity index (χ4n) is 3.77. The average molecular weight is 364 g/mol. The highest BCUT2D eigenvalue weighted by Gasteiger charge is 2.34. The molecule has 1 unspecified atom stereocenters. The van der Waals surface area contributed by atoms with E-state index in [2.05, 4.69) is 15.4 Å². The molecule has 8 heteroatoms. The Balaban J connectivity index is 0.00000132. The van der Waals surface area contributed by atoms with E-state index in [1.165, 1.54) is 19.3 Å². The van der Waals surface area contributed by atoms with Gasteiger partial charge in [-0.25, -0.2) is 9.67 Å². The molecule has 3 N–H and O–H groups in total. The first-order valence-electron chi connectivity index (χ1n) is 8.10. The van der Waals surface area contributed by atoms with Crippen molar-refractivity contribution in [3.05, 3.63) is 12.2 Å². The van der Waals surface area contributed by atoms with E-state index >= 15 is 0 Å². The second kappa shape index (κ2) is 8.85. The molecular formula is C15H27Cl2N5O. The predicted molar refractivity (Wildman–Crippen MR) is 93.8 cm³/mol. The Labute approximate surface area is 149 Å². The average Bonchev–Trinajstić information content (AvgIpc) is 2.98. The Morgan fingerprint density at radius 3 is 2.74 bits per heavy atom. The predicted octanol–water partition coefficient (Wildman–Crippen LogP) is 2.37. The van der Waals surface area contributed by atoms with Gasteiger partial charge in [0.05, 0.1) is 6.04 Å². The number of carbonyl (C=O) groups is 1. The van der Waals surface area contributed by atoms with Crippen molar-refractivity contribution < 1.29 is 4.79 Å². The zero-order chi connectivity index (χ0) is 14.7. The molecule has 132 valence electrons. The summed E-state index contributed by atoms with van der Waals surface area (Å²) in [5, 5.41) is 7.34. The fraction of sp³-hybridized carbons (Fsp3) is 0.800. The van der Waals surface area contributed by atoms with E-state index in [0.717, 1.165) is 38.1 Å². The van der Waals surface area contributed by atoms with Gasteiger partial charge >= 0.3 is 0 Å². The Hall–Kier alpha value is -0.850. The van der Waals surface area contributed by atoms with Gasteiger partial charge in [-0.2, -0.15) is 5.10 Å². The van der Waals surface area contributed by atoms with E-state index in [1.54, 1.807) is 6.33 Å². The maximum absolute atomic E-state index is 12.5. The minimum Gasteiger partial charge on any atom is -0.346 e. The molecule has 1 aromatic heterocycles. The Morgan fingerprint density at radius 1 is 1.30 bits per heavy atom. The largest absolute Gasteiger partial charge is 0.346 e. The monoisotopic (exact) mass is 363 g/mol. The van der Waals surface area contributed by atoms with E-state index in [-0.39, 0.29) is 42.2 Å². The number of nitrogens with one attached hydrogen (secondary N) is 1. The van der Waals surface area contributed by atoms with Crippen molar-refractivity contribution >= 4 is 30.7 Å². The number of amides is 1. The zero-order valence-electron chi connectivity index (χ0n) is 13.4. The summed E-state index contributed by atoms with van der Waals surface area (Å²) in [6.45, 7) is 1.51. The van der Waals surface area contributed by atoms with Crippen molar-refractivity contribution in [1.82, 2.24) is 20.1 Å². The van der Waals surface area contributed by atoms with E-state index in [1.807, 2.05) is 4.68 Å². The molecule has 2 aliphatic rings. The minimum absolute atomic E-state index is 0. The first kappa shape index (κ1) is 20.2. The number of carbonyl (C=O) groups excluding carboxylic acids is 1. The van der Waals surface area contributed by atoms with Gasteiger partial charge in [-0.3, -0.25) is 4.79 Å². The van der Waals surface area contributed by atoms with Crippen LogP contribution in [0.1, 0.15) is 63.2 Å². The molecule has 0 saturated heterocycles. The number of nitrogens with zero attached hydrogens (tertiary/aromatic N) is 3. The third-order valence-corrected chi connectivity index (χ3v) is 5.04. The molecule has 2 heterocycles. The number of aryl methyl sites for hydroxylation is 1. The van der Waals surface area contributed by atoms with Gasteiger partial charge < -0.3 is 11.1 Å². The van der Waals surface area contributed by atoms with Gasteiger partial charge in [0, 0.05) is 13.0 Å². The third kappa shape index (κ3) is 4.58. The number of nitrogens with two attached hydrogens (primary N) is 1. The van der Waals surface area contributed by atoms with Crippen molar-refractivity contribution in [2.45, 2.75) is 64.0 Å². The van der Waals surface area contributed by atoms with E-state index < -0.39 is 0 Å². The van der Waals surface area contributed by atoms with Gasteiger partial charge in [0.2, 0.25) is 5.91 Å². The lowest BCUT2D eigenvalue weighted by Gasteiger charge is -2.36. The topological polar surface area (TPSA) is 85.8 Å². The van der Waals surface area contributed by atoms with Crippen LogP contribution in [0.5, 0.6) is 0 Å². The van der Waals surface area contributed by atoms with Crippen molar-refractivity contribution in [2.75, 3.05) is 6.54 Å². The number of aromatic nitrogens is 3. The standard InChI is InChI=1S/C15H25N5O.2ClH/c16-10-15(6-2-1-3-7-15)9-13(21)19-12-5-4-8-20-14(12)17-11-18-20;;/h11-12H,1-10,16H2,(H,19,21);2*1H. The maximum atomic E-state index is 12.5. The van der Waals surface area contributed by atoms with Gasteiger partial charge in [-0.15, -0.1) is 24.8 Å². The SMILES string of the molecule is Cl.Cl.NCC1(CC(=O)NC2CCCn3ncnc32)CCCCC1. The molecule has 6 nitrogen and oxygen atoms in total. The fourth-order valence-corrected chi connectivity index (χ4v) is 3.77. The molecular weight excluding hydrogens is 337 g/mol. The lowest BCUT2D eigenvalue weighted by molar-refractivity contribution is -0.124. The lowest BCUT2D eigenvalue weighted by atomic mass is 9.71. The summed E-state index contributed by atoms with van der Waals surface area (Å²) in [6, 6.07) is 0.00663. The van der Waals surface area contributed by atoms with Crippen LogP contribution in [0.15, 0.2) is 6.33 Å². The van der Waals surface area contributed by atoms with Crippen molar-refractivity contribution in [3.8, 4) is 0 Å². The number of fused-ring (bicyclic) bond motifs is 1. The molecule has 1 atom stereocenters. The summed E-state index contributed by atoms with van der Waals surface area (Å²) in [5.74, 6) is 1.00. The lowest BCUT2D eigenvalue weighted by Crippen LogP contribution is -2.40. The van der Waals surface area contributed by atoms with Gasteiger partial charge in [-0.1, -0.05) is 19.3 Å². The normalized spacial score (nSPS) is 22.2. The molecule has 1 fully saturated rings. The molecule has 1 aliphatic heterocycles. The molecule has 1 aromatic rings. The molecule has 0 bridgehead atoms. The maximum Gasteiger partial charge on any atom is 0.221 e. The van der Waals surface area contributed by atoms with Crippen LogP contribution < -0.4 is 11.1 Å². The van der Waals surface area contributed by atoms with Gasteiger partial charge in [0.25, 0.3) is 0 Å². The summed E-state index contributed by atoms with van der Waals surface area (Å²) < 4.78 is 1.90. The second-order valence-corrected chi connectivity index (χ2v) is 6.55. The molecule has 0 aromatic carbocycles. The first-order valence-corrected chi connectivity index (χ1v) is 8.10. The highest BCUT2D eigenvalue weighted by molar-refractivity contribution is 5.85. The number of rotatable bonds is 4. The number of halogens is 2. The van der Waals surface area contributed by atoms with E-state index in [0.29, 0.717) is 13.0 Å². The van der Waals surface area contributed by atoms with Crippen LogP contribution in [-0.4, -0.2) is 27.2 Å². The van der Waals surface area contributed by atoms with Crippen LogP contribution >= 0.6 is 24.8 Å². The smallest absolute Gasteiger partial charge is 0.221 e. The molecule has 1 aliphatic carbocycles. The van der Waals surface area contributed by atoms with Gasteiger partial charge in [0.15, 0.2) is 0 Å². The molecule has 0 radical (unpaired) electrons. The Morgan fingerprint density at radius 2 is 2.04 bits per heavy atom. The number of hydrogen-bond donors (Lipinski definition) is 2. The summed E-state index contributed by atoms with van der Waals surface area (Å²) in [6.07, 6.45) is 9.93. The van der Waals surface area contributed by atoms with Crippen LogP contribution in [0, 0.1) is 5.41 Å². The van der Waals surface area contributed by atoms with E-state index in [4.69, 9.17) is 5.73 Å². The van der Waals surface area contributed by atoms with Crippen molar-refractivity contribution in [2.24, 2.45) is 11.1 Å². The Bertz CT molecular complexity index is 502. The third-order valence-electron chi connectivity index (χ3n) is 5.04. The molecule has 23 heavy (non-hydrogen) atoms. The summed E-state index contributed by atoms with van der Waals surface area (Å²) in [7, 11) is 0. The van der Waals surface area contributed by atoms with Crippen LogP contribution in [0.3, 0.4) is 0 Å². The van der Waals surface area contributed by atoms with Crippen LogP contribution in [-0.2, 0) is 11.3 Å². The second-order valence-electron chi connectivity index (χ2n) is 6.55. The van der Waals surface area contributed by atoms with Crippen LogP contribution in [0.25, 0.3) is 0 Å².